The van der Waals surface area contributed by atoms with Gasteiger partial charge in [-0.05, 0) is 36.5 Å². The lowest BCUT2D eigenvalue weighted by Crippen LogP contribution is -2.40. The van der Waals surface area contributed by atoms with Crippen LogP contribution in [0.4, 0.5) is 0 Å². The number of hydrogen-bond donors (Lipinski definition) is 1. The molecule has 1 aromatic heterocycles. The van der Waals surface area contributed by atoms with Crippen molar-refractivity contribution in [1.82, 2.24) is 15.2 Å². The fourth-order valence-electron chi connectivity index (χ4n) is 2.77. The molecule has 0 saturated heterocycles. The highest BCUT2D eigenvalue weighted by Crippen LogP contribution is 2.28. The maximum Gasteiger partial charge on any atom is 0.219 e. The fourth-order valence-corrected chi connectivity index (χ4v) is 2.77. The summed E-state index contributed by atoms with van der Waals surface area (Å²) >= 11 is 0. The van der Waals surface area contributed by atoms with E-state index in [2.05, 4.69) is 20.2 Å². The normalized spacial score (nSPS) is 13.8. The zero-order valence-electron chi connectivity index (χ0n) is 17.4. The predicted octanol–water partition coefficient (Wildman–Crippen LogP) is 3.32. The first-order valence-corrected chi connectivity index (χ1v) is 9.94. The molecule has 1 N–H and O–H groups in total. The quantitative estimate of drug-likeness (QED) is 0.376. The molecule has 0 spiro atoms. The van der Waals surface area contributed by atoms with Crippen molar-refractivity contribution in [1.29, 1.82) is 0 Å². The lowest BCUT2D eigenvalue weighted by atomic mass is 10.3. The summed E-state index contributed by atoms with van der Waals surface area (Å²) in [6, 6.07) is 11.3. The van der Waals surface area contributed by atoms with Crippen LogP contribution >= 0.6 is 0 Å². The second kappa shape index (κ2) is 10.7. The van der Waals surface area contributed by atoms with Crippen molar-refractivity contribution in [3.63, 3.8) is 0 Å². The first-order valence-electron chi connectivity index (χ1n) is 9.94. The molecule has 1 fully saturated rings. The molecule has 0 aliphatic heterocycles. The Morgan fingerprint density at radius 3 is 2.76 bits per heavy atom. The van der Waals surface area contributed by atoms with Gasteiger partial charge in [-0.1, -0.05) is 12.1 Å². The Morgan fingerprint density at radius 1 is 1.24 bits per heavy atom. The highest BCUT2D eigenvalue weighted by Gasteiger charge is 2.21. The van der Waals surface area contributed by atoms with Gasteiger partial charge in [-0.25, -0.2) is 4.98 Å². The molecule has 1 saturated carbocycles. The summed E-state index contributed by atoms with van der Waals surface area (Å²) in [5, 5.41) is 3.35. The smallest absolute Gasteiger partial charge is 0.219 e. The van der Waals surface area contributed by atoms with E-state index in [1.165, 1.54) is 12.8 Å². The number of guanidine groups is 1. The Hall–Kier alpha value is -2.80. The highest BCUT2D eigenvalue weighted by atomic mass is 16.5. The largest absolute Gasteiger partial charge is 0.497 e. The summed E-state index contributed by atoms with van der Waals surface area (Å²) in [5.74, 6) is 3.60. The van der Waals surface area contributed by atoms with Gasteiger partial charge in [0.05, 0.1) is 13.7 Å². The van der Waals surface area contributed by atoms with Crippen LogP contribution in [0.2, 0.25) is 0 Å². The van der Waals surface area contributed by atoms with Crippen molar-refractivity contribution < 1.29 is 14.2 Å². The number of hydrogen-bond acceptors (Lipinski definition) is 5. The second-order valence-electron chi connectivity index (χ2n) is 7.13. The standard InChI is InChI=1S/C22H30N4O3/c1-23-22(26(2)11-12-28-16-17-7-8-17)25-15-18-9-10-21(24-14-18)29-20-6-4-5-19(13-20)27-3/h4-6,9-10,13-14,17H,7-8,11-12,15-16H2,1-3H3,(H,23,25). The van der Waals surface area contributed by atoms with Crippen molar-refractivity contribution in [2.45, 2.75) is 19.4 Å². The molecule has 7 heteroatoms. The van der Waals surface area contributed by atoms with Crippen LogP contribution in [-0.4, -0.2) is 56.8 Å². The first kappa shape index (κ1) is 20.9. The van der Waals surface area contributed by atoms with Crippen molar-refractivity contribution in [2.75, 3.05) is 41.0 Å². The van der Waals surface area contributed by atoms with Crippen LogP contribution in [0.15, 0.2) is 47.6 Å². The molecule has 29 heavy (non-hydrogen) atoms. The summed E-state index contributed by atoms with van der Waals surface area (Å²) in [5.41, 5.74) is 1.04. The molecule has 156 valence electrons. The van der Waals surface area contributed by atoms with Gasteiger partial charge < -0.3 is 24.4 Å². The van der Waals surface area contributed by atoms with Gasteiger partial charge in [0.1, 0.15) is 11.5 Å². The van der Waals surface area contributed by atoms with Gasteiger partial charge in [0.25, 0.3) is 0 Å². The summed E-state index contributed by atoms with van der Waals surface area (Å²) in [6.45, 7) is 3.03. The van der Waals surface area contributed by atoms with Crippen LogP contribution < -0.4 is 14.8 Å². The van der Waals surface area contributed by atoms with Gasteiger partial charge in [0.2, 0.25) is 5.88 Å². The van der Waals surface area contributed by atoms with Gasteiger partial charge >= 0.3 is 0 Å². The Kier molecular flexibility index (Phi) is 7.69. The molecule has 1 aliphatic carbocycles. The average Bonchev–Trinajstić information content (AvgIpc) is 3.57. The minimum atomic E-state index is 0.538. The molecule has 1 aromatic carbocycles. The summed E-state index contributed by atoms with van der Waals surface area (Å²) in [6.07, 6.45) is 4.43. The molecule has 1 aliphatic rings. The Morgan fingerprint density at radius 2 is 2.07 bits per heavy atom. The van der Waals surface area contributed by atoms with E-state index in [1.54, 1.807) is 20.4 Å². The van der Waals surface area contributed by atoms with Gasteiger partial charge in [-0.15, -0.1) is 0 Å². The third kappa shape index (κ3) is 6.94. The predicted molar refractivity (Wildman–Crippen MR) is 114 cm³/mol. The van der Waals surface area contributed by atoms with Crippen LogP contribution in [0.25, 0.3) is 0 Å². The van der Waals surface area contributed by atoms with E-state index in [-0.39, 0.29) is 0 Å². The van der Waals surface area contributed by atoms with Gasteiger partial charge in [-0.2, -0.15) is 0 Å². The fraction of sp³-hybridized carbons (Fsp3) is 0.455. The minimum absolute atomic E-state index is 0.538. The number of rotatable bonds is 10. The molecule has 7 nitrogen and oxygen atoms in total. The molecule has 0 amide bonds. The second-order valence-corrected chi connectivity index (χ2v) is 7.13. The van der Waals surface area contributed by atoms with E-state index in [0.717, 1.165) is 36.3 Å². The number of pyridine rings is 1. The third-order valence-electron chi connectivity index (χ3n) is 4.71. The number of methoxy groups -OCH3 is 1. The van der Waals surface area contributed by atoms with E-state index in [0.29, 0.717) is 24.8 Å². The molecule has 2 aromatic rings. The molecule has 0 unspecified atom stereocenters. The van der Waals surface area contributed by atoms with Crippen LogP contribution in [0, 0.1) is 5.92 Å². The molecule has 0 radical (unpaired) electrons. The van der Waals surface area contributed by atoms with Crippen molar-refractivity contribution in [2.24, 2.45) is 10.9 Å². The van der Waals surface area contributed by atoms with E-state index in [4.69, 9.17) is 14.2 Å². The highest BCUT2D eigenvalue weighted by molar-refractivity contribution is 5.79. The van der Waals surface area contributed by atoms with Crippen molar-refractivity contribution >= 4 is 5.96 Å². The molecule has 1 heterocycles. The molecule has 3 rings (SSSR count). The summed E-state index contributed by atoms with van der Waals surface area (Å²) in [7, 11) is 5.43. The number of likely N-dealkylation sites (N-methyl/N-ethyl adjacent to an activating group) is 1. The monoisotopic (exact) mass is 398 g/mol. The van der Waals surface area contributed by atoms with Crippen molar-refractivity contribution in [3.8, 4) is 17.4 Å². The maximum atomic E-state index is 5.78. The van der Waals surface area contributed by atoms with Crippen LogP contribution in [-0.2, 0) is 11.3 Å². The Labute approximate surface area is 172 Å². The van der Waals surface area contributed by atoms with Crippen molar-refractivity contribution in [3.05, 3.63) is 48.2 Å². The molecular weight excluding hydrogens is 368 g/mol. The SMILES string of the molecule is CN=C(NCc1ccc(Oc2cccc(OC)c2)nc1)N(C)CCOCC1CC1. The van der Waals surface area contributed by atoms with Gasteiger partial charge in [0, 0.05) is 52.1 Å². The van der Waals surface area contributed by atoms with Crippen LogP contribution in [0.5, 0.6) is 17.4 Å². The Balaban J connectivity index is 1.44. The number of nitrogens with one attached hydrogen (secondary N) is 1. The molecule has 0 bridgehead atoms. The number of aromatic nitrogens is 1. The Bertz CT molecular complexity index is 791. The lowest BCUT2D eigenvalue weighted by molar-refractivity contribution is 0.115. The van der Waals surface area contributed by atoms with E-state index in [9.17, 15) is 0 Å². The van der Waals surface area contributed by atoms with Crippen LogP contribution in [0.3, 0.4) is 0 Å². The van der Waals surface area contributed by atoms with Gasteiger partial charge in [0.15, 0.2) is 5.96 Å². The van der Waals surface area contributed by atoms with E-state index < -0.39 is 0 Å². The third-order valence-corrected chi connectivity index (χ3v) is 4.71. The zero-order valence-corrected chi connectivity index (χ0v) is 17.4. The number of ether oxygens (including phenoxy) is 3. The molecule has 0 atom stereocenters. The maximum absolute atomic E-state index is 5.78. The topological polar surface area (TPSA) is 68.2 Å². The zero-order chi connectivity index (χ0) is 20.5. The lowest BCUT2D eigenvalue weighted by Gasteiger charge is -2.22. The minimum Gasteiger partial charge on any atom is -0.497 e. The first-order chi connectivity index (χ1) is 14.2. The van der Waals surface area contributed by atoms with E-state index in [1.807, 2.05) is 43.4 Å². The van der Waals surface area contributed by atoms with Crippen LogP contribution in [0.1, 0.15) is 18.4 Å². The number of nitrogens with zero attached hydrogens (tertiary/aromatic N) is 3. The number of aliphatic imine (C=N–C) groups is 1. The van der Waals surface area contributed by atoms with E-state index >= 15 is 0 Å². The molecular formula is C22H30N4O3. The average molecular weight is 399 g/mol. The summed E-state index contributed by atoms with van der Waals surface area (Å²) < 4.78 is 16.7. The number of benzene rings is 1. The summed E-state index contributed by atoms with van der Waals surface area (Å²) in [4.78, 5) is 10.8. The van der Waals surface area contributed by atoms with Gasteiger partial charge in [-0.3, -0.25) is 4.99 Å².